The minimum Gasteiger partial charge on any atom is -0.378 e. The van der Waals surface area contributed by atoms with Gasteiger partial charge in [-0.05, 0) is 0 Å². The first-order valence-electron chi connectivity index (χ1n) is 4.12. The number of aromatic nitrogens is 2. The summed E-state index contributed by atoms with van der Waals surface area (Å²) < 4.78 is 21.8. The van der Waals surface area contributed by atoms with Gasteiger partial charge in [0.1, 0.15) is 0 Å². The van der Waals surface area contributed by atoms with Crippen molar-refractivity contribution in [1.82, 2.24) is 10.2 Å². The highest BCUT2D eigenvalue weighted by atomic mass is 35.5. The molecule has 0 aromatic carbocycles. The lowest BCUT2D eigenvalue weighted by Gasteiger charge is -2.27. The monoisotopic (exact) mass is 267 g/mol. The summed E-state index contributed by atoms with van der Waals surface area (Å²) >= 11 is 11.4. The summed E-state index contributed by atoms with van der Waals surface area (Å²) in [4.78, 5) is 0. The summed E-state index contributed by atoms with van der Waals surface area (Å²) in [5.41, 5.74) is 0.511. The molecule has 1 fully saturated rings. The number of hydrogen-bond donors (Lipinski definition) is 1. The molecule has 5 nitrogen and oxygen atoms in total. The van der Waals surface area contributed by atoms with E-state index in [0.717, 1.165) is 0 Å². The normalized spacial score (nSPS) is 19.6. The molecule has 1 aromatic heterocycles. The molecule has 1 aliphatic rings. The van der Waals surface area contributed by atoms with Crippen LogP contribution in [0.3, 0.4) is 0 Å². The fourth-order valence-electron chi connectivity index (χ4n) is 1.32. The Kier molecular flexibility index (Phi) is 2.74. The van der Waals surface area contributed by atoms with Gasteiger partial charge in [0.05, 0.1) is 23.2 Å². The lowest BCUT2D eigenvalue weighted by molar-refractivity contribution is 0.570. The molecule has 2 rings (SSSR count). The zero-order chi connectivity index (χ0) is 11.1. The van der Waals surface area contributed by atoms with Gasteiger partial charge >= 0.3 is 0 Å². The maximum atomic E-state index is 10.9. The Morgan fingerprint density at radius 1 is 1.33 bits per heavy atom. The van der Waals surface area contributed by atoms with E-state index in [1.165, 1.54) is 6.07 Å². The molecule has 1 aliphatic heterocycles. The van der Waals surface area contributed by atoms with E-state index in [9.17, 15) is 8.42 Å². The van der Waals surface area contributed by atoms with Gasteiger partial charge < -0.3 is 5.32 Å². The van der Waals surface area contributed by atoms with Crippen LogP contribution in [0.25, 0.3) is 0 Å². The summed E-state index contributed by atoms with van der Waals surface area (Å²) in [6, 6.07) is 1.40. The number of rotatable bonds is 2. The Balaban J connectivity index is 2.09. The molecule has 0 bridgehead atoms. The topological polar surface area (TPSA) is 72.0 Å². The molecule has 15 heavy (non-hydrogen) atoms. The van der Waals surface area contributed by atoms with E-state index in [0.29, 0.717) is 5.69 Å². The Morgan fingerprint density at radius 2 is 2.00 bits per heavy atom. The highest BCUT2D eigenvalue weighted by molar-refractivity contribution is 7.92. The van der Waals surface area contributed by atoms with Crippen LogP contribution in [0.1, 0.15) is 0 Å². The molecule has 82 valence electrons. The smallest absolute Gasteiger partial charge is 0.174 e. The molecule has 0 radical (unpaired) electrons. The number of nitrogens with one attached hydrogen (secondary N) is 1. The first-order valence-corrected chi connectivity index (χ1v) is 6.70. The van der Waals surface area contributed by atoms with Crippen LogP contribution in [0.5, 0.6) is 0 Å². The maximum absolute atomic E-state index is 10.9. The average molecular weight is 268 g/mol. The highest BCUT2D eigenvalue weighted by Gasteiger charge is 2.33. The van der Waals surface area contributed by atoms with E-state index in [1.54, 1.807) is 0 Å². The molecule has 1 aromatic rings. The van der Waals surface area contributed by atoms with E-state index in [-0.39, 0.29) is 27.9 Å². The zero-order valence-corrected chi connectivity index (χ0v) is 9.77. The van der Waals surface area contributed by atoms with Crippen molar-refractivity contribution >= 4 is 38.7 Å². The molecule has 1 saturated heterocycles. The van der Waals surface area contributed by atoms with Gasteiger partial charge in [0.2, 0.25) is 0 Å². The third kappa shape index (κ3) is 2.50. The number of nitrogens with zero attached hydrogens (tertiary/aromatic N) is 2. The fourth-order valence-corrected chi connectivity index (χ4v) is 2.91. The van der Waals surface area contributed by atoms with Crippen molar-refractivity contribution < 1.29 is 8.42 Å². The van der Waals surface area contributed by atoms with Crippen molar-refractivity contribution in [3.05, 3.63) is 16.4 Å². The molecule has 0 atom stereocenters. The summed E-state index contributed by atoms with van der Waals surface area (Å²) in [5, 5.41) is 10.5. The molecule has 8 heteroatoms. The first kappa shape index (κ1) is 10.9. The lowest BCUT2D eigenvalue weighted by atomic mass is 10.3. The van der Waals surface area contributed by atoms with Gasteiger partial charge in [-0.2, -0.15) is 0 Å². The van der Waals surface area contributed by atoms with Crippen LogP contribution in [0.4, 0.5) is 5.69 Å². The van der Waals surface area contributed by atoms with E-state index >= 15 is 0 Å². The third-order valence-electron chi connectivity index (χ3n) is 1.99. The summed E-state index contributed by atoms with van der Waals surface area (Å²) in [6.07, 6.45) is 0. The second-order valence-electron chi connectivity index (χ2n) is 3.29. The van der Waals surface area contributed by atoms with Gasteiger partial charge in [0.25, 0.3) is 0 Å². The number of hydrogen-bond acceptors (Lipinski definition) is 5. The fraction of sp³-hybridized carbons (Fsp3) is 0.429. The van der Waals surface area contributed by atoms with Crippen LogP contribution < -0.4 is 5.32 Å². The number of anilines is 1. The van der Waals surface area contributed by atoms with E-state index < -0.39 is 9.84 Å². The van der Waals surface area contributed by atoms with Gasteiger partial charge in [-0.3, -0.25) is 0 Å². The number of sulfone groups is 1. The molecule has 0 unspecified atom stereocenters. The van der Waals surface area contributed by atoms with Crippen LogP contribution in [-0.4, -0.2) is 36.2 Å². The highest BCUT2D eigenvalue weighted by Crippen LogP contribution is 2.24. The lowest BCUT2D eigenvalue weighted by Crippen LogP contribution is -2.46. The van der Waals surface area contributed by atoms with Gasteiger partial charge in [-0.25, -0.2) is 8.42 Å². The Hall–Kier alpha value is -0.590. The van der Waals surface area contributed by atoms with Crippen LogP contribution in [-0.2, 0) is 9.84 Å². The first-order chi connectivity index (χ1) is 6.96. The van der Waals surface area contributed by atoms with E-state index in [4.69, 9.17) is 23.2 Å². The quantitative estimate of drug-likeness (QED) is 0.866. The molecule has 0 spiro atoms. The molecule has 0 amide bonds. The Bertz CT molecular complexity index is 479. The predicted octanol–water partition coefficient (Wildman–Crippen LogP) is 0.992. The molecule has 0 saturated carbocycles. The van der Waals surface area contributed by atoms with Crippen molar-refractivity contribution in [2.45, 2.75) is 6.04 Å². The third-order valence-corrected chi connectivity index (χ3v) is 4.27. The zero-order valence-electron chi connectivity index (χ0n) is 7.44. The summed E-state index contributed by atoms with van der Waals surface area (Å²) in [7, 11) is -2.85. The van der Waals surface area contributed by atoms with Crippen LogP contribution in [0, 0.1) is 0 Å². The van der Waals surface area contributed by atoms with Crippen LogP contribution in [0.2, 0.25) is 10.3 Å². The van der Waals surface area contributed by atoms with Crippen molar-refractivity contribution in [2.75, 3.05) is 16.8 Å². The van der Waals surface area contributed by atoms with Crippen LogP contribution in [0.15, 0.2) is 6.07 Å². The summed E-state index contributed by atoms with van der Waals surface area (Å²) in [6.45, 7) is 0. The van der Waals surface area contributed by atoms with E-state index in [1.807, 2.05) is 0 Å². The molecular weight excluding hydrogens is 261 g/mol. The van der Waals surface area contributed by atoms with E-state index in [2.05, 4.69) is 15.5 Å². The minimum atomic E-state index is -2.85. The molecule has 0 aliphatic carbocycles. The Labute approximate surface area is 96.7 Å². The largest absolute Gasteiger partial charge is 0.378 e. The predicted molar refractivity (Wildman–Crippen MR) is 58.1 cm³/mol. The number of halogens is 2. The molecular formula is C7H7Cl2N3O2S. The Morgan fingerprint density at radius 3 is 2.60 bits per heavy atom. The molecule has 2 heterocycles. The average Bonchev–Trinajstić information content (AvgIpc) is 2.08. The van der Waals surface area contributed by atoms with Gasteiger partial charge in [-0.15, -0.1) is 10.2 Å². The van der Waals surface area contributed by atoms with Gasteiger partial charge in [-0.1, -0.05) is 23.2 Å². The van der Waals surface area contributed by atoms with Crippen molar-refractivity contribution in [3.8, 4) is 0 Å². The van der Waals surface area contributed by atoms with Crippen molar-refractivity contribution in [3.63, 3.8) is 0 Å². The summed E-state index contributed by atoms with van der Waals surface area (Å²) in [5.74, 6) is 0.229. The van der Waals surface area contributed by atoms with Crippen molar-refractivity contribution in [2.24, 2.45) is 0 Å². The van der Waals surface area contributed by atoms with Gasteiger partial charge in [0, 0.05) is 6.07 Å². The second kappa shape index (κ2) is 3.77. The van der Waals surface area contributed by atoms with Crippen LogP contribution >= 0.6 is 23.2 Å². The SMILES string of the molecule is O=S1(=O)CC(Nc2cc(Cl)nnc2Cl)C1. The van der Waals surface area contributed by atoms with Gasteiger partial charge in [0.15, 0.2) is 20.1 Å². The molecule has 1 N–H and O–H groups in total. The maximum Gasteiger partial charge on any atom is 0.174 e. The standard InChI is InChI=1S/C7H7Cl2N3O2S/c8-6-1-5(7(9)12-11-6)10-4-2-15(13,14)3-4/h1,4H,2-3H2,(H,10,11). The van der Waals surface area contributed by atoms with Crippen molar-refractivity contribution in [1.29, 1.82) is 0 Å². The second-order valence-corrected chi connectivity index (χ2v) is 6.19. The minimum absolute atomic E-state index is 0.114.